The van der Waals surface area contributed by atoms with Crippen LogP contribution in [-0.2, 0) is 6.42 Å². The number of halogens is 2. The summed E-state index contributed by atoms with van der Waals surface area (Å²) in [7, 11) is 0. The van der Waals surface area contributed by atoms with Crippen LogP contribution in [0.1, 0.15) is 18.7 Å². The number of aromatic amines is 1. The Bertz CT molecular complexity index is 523. The highest BCUT2D eigenvalue weighted by Crippen LogP contribution is 2.20. The first kappa shape index (κ1) is 12.7. The predicted molar refractivity (Wildman–Crippen MR) is 65.9 cm³/mol. The Morgan fingerprint density at radius 1 is 1.17 bits per heavy atom. The Labute approximate surface area is 104 Å². The lowest BCUT2D eigenvalue weighted by molar-refractivity contribution is 0.509. The minimum atomic E-state index is -0.855. The third kappa shape index (κ3) is 2.92. The highest BCUT2D eigenvalue weighted by atomic mass is 19.2. The second-order valence-electron chi connectivity index (χ2n) is 4.12. The minimum Gasteiger partial charge on any atom is -0.342 e. The molecule has 0 unspecified atom stereocenters. The number of nitrogens with two attached hydrogens (primary N) is 1. The monoisotopic (exact) mass is 251 g/mol. The fourth-order valence-electron chi connectivity index (χ4n) is 1.74. The summed E-state index contributed by atoms with van der Waals surface area (Å²) >= 11 is 0. The van der Waals surface area contributed by atoms with E-state index in [0.717, 1.165) is 37.2 Å². The molecule has 1 aromatic heterocycles. The van der Waals surface area contributed by atoms with E-state index in [1.165, 1.54) is 6.07 Å². The van der Waals surface area contributed by atoms with Crippen LogP contribution in [0, 0.1) is 11.6 Å². The molecule has 3 nitrogen and oxygen atoms in total. The van der Waals surface area contributed by atoms with E-state index in [-0.39, 0.29) is 0 Å². The first-order valence-electron chi connectivity index (χ1n) is 5.90. The highest BCUT2D eigenvalue weighted by Gasteiger charge is 2.07. The number of hydrogen-bond acceptors (Lipinski definition) is 2. The van der Waals surface area contributed by atoms with Gasteiger partial charge in [-0.25, -0.2) is 13.8 Å². The third-order valence-corrected chi connectivity index (χ3v) is 2.73. The van der Waals surface area contributed by atoms with Crippen molar-refractivity contribution in [3.05, 3.63) is 41.9 Å². The van der Waals surface area contributed by atoms with E-state index in [4.69, 9.17) is 5.73 Å². The molecule has 3 N–H and O–H groups in total. The molecule has 0 spiro atoms. The summed E-state index contributed by atoms with van der Waals surface area (Å²) in [6.07, 6.45) is 4.34. The number of imidazole rings is 1. The lowest BCUT2D eigenvalue weighted by atomic mass is 10.1. The summed E-state index contributed by atoms with van der Waals surface area (Å²) in [4.78, 5) is 7.30. The van der Waals surface area contributed by atoms with Gasteiger partial charge in [-0.2, -0.15) is 0 Å². The van der Waals surface area contributed by atoms with Crippen molar-refractivity contribution in [2.45, 2.75) is 19.3 Å². The zero-order valence-electron chi connectivity index (χ0n) is 9.92. The van der Waals surface area contributed by atoms with Gasteiger partial charge in [-0.05, 0) is 37.6 Å². The molecule has 0 radical (unpaired) electrons. The van der Waals surface area contributed by atoms with Crippen molar-refractivity contribution in [2.75, 3.05) is 6.54 Å². The van der Waals surface area contributed by atoms with Gasteiger partial charge in [-0.15, -0.1) is 0 Å². The van der Waals surface area contributed by atoms with Gasteiger partial charge in [0.15, 0.2) is 11.6 Å². The number of aromatic nitrogens is 2. The van der Waals surface area contributed by atoms with Crippen LogP contribution in [0.2, 0.25) is 0 Å². The second-order valence-corrected chi connectivity index (χ2v) is 4.12. The maximum absolute atomic E-state index is 13.1. The van der Waals surface area contributed by atoms with Gasteiger partial charge in [0.05, 0.1) is 11.9 Å². The van der Waals surface area contributed by atoms with Crippen LogP contribution < -0.4 is 5.73 Å². The van der Waals surface area contributed by atoms with Gasteiger partial charge in [-0.3, -0.25) is 0 Å². The van der Waals surface area contributed by atoms with Crippen molar-refractivity contribution < 1.29 is 8.78 Å². The Morgan fingerprint density at radius 2 is 2.00 bits per heavy atom. The second kappa shape index (κ2) is 5.73. The number of benzene rings is 1. The average molecular weight is 251 g/mol. The molecule has 0 saturated carbocycles. The SMILES string of the molecule is NCCCCc1ncc(-c2ccc(F)c(F)c2)[nH]1. The molecule has 0 aliphatic carbocycles. The van der Waals surface area contributed by atoms with Gasteiger partial charge in [0.1, 0.15) is 5.82 Å². The Morgan fingerprint density at radius 3 is 2.72 bits per heavy atom. The summed E-state index contributed by atoms with van der Waals surface area (Å²) < 4.78 is 25.9. The molecule has 0 atom stereocenters. The molecule has 0 bridgehead atoms. The standard InChI is InChI=1S/C13H15F2N3/c14-10-5-4-9(7-11(10)15)12-8-17-13(18-12)3-1-2-6-16/h4-5,7-8H,1-3,6,16H2,(H,17,18). The molecule has 0 amide bonds. The molecule has 96 valence electrons. The lowest BCUT2D eigenvalue weighted by Crippen LogP contribution is -1.99. The van der Waals surface area contributed by atoms with E-state index in [1.807, 2.05) is 0 Å². The molecule has 0 aliphatic rings. The van der Waals surface area contributed by atoms with Crippen molar-refractivity contribution in [1.82, 2.24) is 9.97 Å². The maximum Gasteiger partial charge on any atom is 0.159 e. The maximum atomic E-state index is 13.1. The fourth-order valence-corrected chi connectivity index (χ4v) is 1.74. The van der Waals surface area contributed by atoms with Gasteiger partial charge in [0, 0.05) is 12.0 Å². The van der Waals surface area contributed by atoms with Crippen molar-refractivity contribution in [1.29, 1.82) is 0 Å². The number of hydrogen-bond donors (Lipinski definition) is 2. The number of nitrogens with zero attached hydrogens (tertiary/aromatic N) is 1. The van der Waals surface area contributed by atoms with Crippen molar-refractivity contribution in [2.24, 2.45) is 5.73 Å². The molecule has 2 rings (SSSR count). The Kier molecular flexibility index (Phi) is 4.04. The molecular formula is C13H15F2N3. The first-order chi connectivity index (χ1) is 8.70. The lowest BCUT2D eigenvalue weighted by Gasteiger charge is -1.99. The summed E-state index contributed by atoms with van der Waals surface area (Å²) in [5, 5.41) is 0. The van der Waals surface area contributed by atoms with Crippen LogP contribution in [0.3, 0.4) is 0 Å². The molecule has 1 heterocycles. The number of H-pyrrole nitrogens is 1. The van der Waals surface area contributed by atoms with Gasteiger partial charge < -0.3 is 10.7 Å². The molecular weight excluding hydrogens is 236 g/mol. The predicted octanol–water partition coefficient (Wildman–Crippen LogP) is 2.64. The zero-order valence-corrected chi connectivity index (χ0v) is 9.92. The van der Waals surface area contributed by atoms with E-state index in [1.54, 1.807) is 6.20 Å². The summed E-state index contributed by atoms with van der Waals surface area (Å²) in [5.41, 5.74) is 6.69. The highest BCUT2D eigenvalue weighted by molar-refractivity contribution is 5.58. The van der Waals surface area contributed by atoms with Crippen LogP contribution in [0.15, 0.2) is 24.4 Å². The Balaban J connectivity index is 2.11. The van der Waals surface area contributed by atoms with Crippen LogP contribution in [0.4, 0.5) is 8.78 Å². The van der Waals surface area contributed by atoms with E-state index in [9.17, 15) is 8.78 Å². The van der Waals surface area contributed by atoms with Crippen LogP contribution in [-0.4, -0.2) is 16.5 Å². The minimum absolute atomic E-state index is 0.589. The largest absolute Gasteiger partial charge is 0.342 e. The number of unbranched alkanes of at least 4 members (excludes halogenated alkanes) is 1. The number of aryl methyl sites for hydroxylation is 1. The molecule has 18 heavy (non-hydrogen) atoms. The smallest absolute Gasteiger partial charge is 0.159 e. The van der Waals surface area contributed by atoms with Crippen molar-refractivity contribution in [3.63, 3.8) is 0 Å². The molecule has 0 aliphatic heterocycles. The van der Waals surface area contributed by atoms with Crippen molar-refractivity contribution >= 4 is 0 Å². The number of rotatable bonds is 5. The average Bonchev–Trinajstić information content (AvgIpc) is 2.82. The Hall–Kier alpha value is -1.75. The van der Waals surface area contributed by atoms with E-state index < -0.39 is 11.6 Å². The van der Waals surface area contributed by atoms with E-state index in [2.05, 4.69) is 9.97 Å². The number of nitrogens with one attached hydrogen (secondary N) is 1. The normalized spacial score (nSPS) is 10.8. The molecule has 5 heteroatoms. The van der Waals surface area contributed by atoms with Gasteiger partial charge >= 0.3 is 0 Å². The van der Waals surface area contributed by atoms with Gasteiger partial charge in [0.25, 0.3) is 0 Å². The zero-order chi connectivity index (χ0) is 13.0. The van der Waals surface area contributed by atoms with Gasteiger partial charge in [-0.1, -0.05) is 0 Å². The summed E-state index contributed by atoms with van der Waals surface area (Å²) in [6.45, 7) is 0.663. The molecule has 2 aromatic rings. The summed E-state index contributed by atoms with van der Waals surface area (Å²) in [6, 6.07) is 3.79. The molecule has 1 aromatic carbocycles. The molecule has 0 saturated heterocycles. The topological polar surface area (TPSA) is 54.7 Å². The van der Waals surface area contributed by atoms with Gasteiger partial charge in [0.2, 0.25) is 0 Å². The van der Waals surface area contributed by atoms with Crippen LogP contribution in [0.5, 0.6) is 0 Å². The quantitative estimate of drug-likeness (QED) is 0.803. The summed E-state index contributed by atoms with van der Waals surface area (Å²) in [5.74, 6) is -0.864. The van der Waals surface area contributed by atoms with Crippen molar-refractivity contribution in [3.8, 4) is 11.3 Å². The fraction of sp³-hybridized carbons (Fsp3) is 0.308. The van der Waals surface area contributed by atoms with Crippen LogP contribution in [0.25, 0.3) is 11.3 Å². The van der Waals surface area contributed by atoms with Crippen LogP contribution >= 0.6 is 0 Å². The van der Waals surface area contributed by atoms with E-state index in [0.29, 0.717) is 17.8 Å². The first-order valence-corrected chi connectivity index (χ1v) is 5.90. The molecule has 0 fully saturated rings. The third-order valence-electron chi connectivity index (χ3n) is 2.73. The van der Waals surface area contributed by atoms with E-state index >= 15 is 0 Å².